The Balaban J connectivity index is 2.13. The first-order valence-corrected chi connectivity index (χ1v) is 6.18. The minimum atomic E-state index is -0.489. The van der Waals surface area contributed by atoms with Crippen molar-refractivity contribution in [2.75, 3.05) is 0 Å². The van der Waals surface area contributed by atoms with E-state index in [9.17, 15) is 10.1 Å². The molecule has 1 unspecified atom stereocenters. The maximum Gasteiger partial charge on any atom is 0.284 e. The van der Waals surface area contributed by atoms with Crippen LogP contribution in [0.15, 0.2) is 71.1 Å². The van der Waals surface area contributed by atoms with E-state index in [-0.39, 0.29) is 10.6 Å². The third kappa shape index (κ3) is 2.09. The van der Waals surface area contributed by atoms with Crippen LogP contribution in [0, 0.1) is 10.1 Å². The van der Waals surface area contributed by atoms with Gasteiger partial charge in [0.1, 0.15) is 17.4 Å². The quantitative estimate of drug-likeness (QED) is 0.686. The maximum absolute atomic E-state index is 11.5. The molecule has 1 atom stereocenters. The van der Waals surface area contributed by atoms with Gasteiger partial charge in [-0.2, -0.15) is 0 Å². The Morgan fingerprint density at radius 1 is 1.15 bits per heavy atom. The Hall–Kier alpha value is -2.82. The van der Waals surface area contributed by atoms with Gasteiger partial charge in [-0.3, -0.25) is 10.1 Å². The molecule has 0 aliphatic carbocycles. The smallest absolute Gasteiger partial charge is 0.284 e. The number of furan rings is 1. The normalized spacial score (nSPS) is 17.9. The van der Waals surface area contributed by atoms with Crippen molar-refractivity contribution < 1.29 is 9.34 Å². The second-order valence-electron chi connectivity index (χ2n) is 4.38. The predicted octanol–water partition coefficient (Wildman–Crippen LogP) is 3.13. The zero-order valence-electron chi connectivity index (χ0n) is 10.5. The molecule has 0 fully saturated rings. The van der Waals surface area contributed by atoms with Crippen LogP contribution in [-0.4, -0.2) is 4.92 Å². The molecule has 1 aromatic heterocycles. The first kappa shape index (κ1) is 12.2. The van der Waals surface area contributed by atoms with Gasteiger partial charge in [0.2, 0.25) is 0 Å². The van der Waals surface area contributed by atoms with Gasteiger partial charge < -0.3 is 9.73 Å². The van der Waals surface area contributed by atoms with Crippen molar-refractivity contribution in [2.45, 2.75) is 5.92 Å². The van der Waals surface area contributed by atoms with Gasteiger partial charge in [0, 0.05) is 5.56 Å². The van der Waals surface area contributed by atoms with Crippen LogP contribution in [0.2, 0.25) is 0 Å². The number of allylic oxidation sites excluding steroid dienone is 1. The summed E-state index contributed by atoms with van der Waals surface area (Å²) in [6, 6.07) is 12.7. The van der Waals surface area contributed by atoms with Crippen molar-refractivity contribution in [3.8, 4) is 0 Å². The lowest BCUT2D eigenvalue weighted by Gasteiger charge is -2.18. The Morgan fingerprint density at radius 3 is 2.60 bits per heavy atom. The van der Waals surface area contributed by atoms with Gasteiger partial charge in [-0.15, -0.1) is 0 Å². The summed E-state index contributed by atoms with van der Waals surface area (Å²) in [7, 11) is 0. The number of hydrogen-bond acceptors (Lipinski definition) is 4. The second-order valence-corrected chi connectivity index (χ2v) is 4.38. The average Bonchev–Trinajstić information content (AvgIpc) is 3.01. The largest absolute Gasteiger partial charge is 0.468 e. The monoisotopic (exact) mass is 268 g/mol. The van der Waals surface area contributed by atoms with E-state index in [2.05, 4.69) is 5.32 Å². The summed E-state index contributed by atoms with van der Waals surface area (Å²) < 4.78 is 5.32. The zero-order valence-corrected chi connectivity index (χ0v) is 10.5. The molecule has 5 heteroatoms. The third-order valence-electron chi connectivity index (χ3n) is 3.18. The highest BCUT2D eigenvalue weighted by molar-refractivity contribution is 5.69. The van der Waals surface area contributed by atoms with Crippen LogP contribution in [-0.2, 0) is 0 Å². The molecule has 100 valence electrons. The van der Waals surface area contributed by atoms with Crippen molar-refractivity contribution in [1.29, 1.82) is 0 Å². The van der Waals surface area contributed by atoms with E-state index in [1.807, 2.05) is 30.3 Å². The van der Waals surface area contributed by atoms with Crippen LogP contribution in [0.25, 0.3) is 5.70 Å². The van der Waals surface area contributed by atoms with E-state index < -0.39 is 5.92 Å². The van der Waals surface area contributed by atoms with E-state index in [4.69, 9.17) is 4.42 Å². The van der Waals surface area contributed by atoms with Crippen molar-refractivity contribution >= 4 is 5.70 Å². The van der Waals surface area contributed by atoms with Crippen molar-refractivity contribution in [3.63, 3.8) is 0 Å². The van der Waals surface area contributed by atoms with Crippen LogP contribution in [0.3, 0.4) is 0 Å². The summed E-state index contributed by atoms with van der Waals surface area (Å²) in [4.78, 5) is 11.1. The molecule has 3 rings (SSSR count). The van der Waals surface area contributed by atoms with Crippen LogP contribution in [0.4, 0.5) is 0 Å². The first-order chi connectivity index (χ1) is 9.77. The maximum atomic E-state index is 11.5. The Morgan fingerprint density at radius 2 is 1.95 bits per heavy atom. The average molecular weight is 268 g/mol. The summed E-state index contributed by atoms with van der Waals surface area (Å²) in [5.74, 6) is 0.0688. The Labute approximate surface area is 115 Å². The summed E-state index contributed by atoms with van der Waals surface area (Å²) in [5.41, 5.74) is 1.37. The van der Waals surface area contributed by atoms with E-state index in [1.165, 1.54) is 6.26 Å². The molecule has 0 spiro atoms. The number of benzene rings is 1. The number of nitro groups is 1. The van der Waals surface area contributed by atoms with Gasteiger partial charge in [0.25, 0.3) is 5.70 Å². The minimum absolute atomic E-state index is 0.0913. The molecule has 5 nitrogen and oxygen atoms in total. The van der Waals surface area contributed by atoms with Gasteiger partial charge in [0.05, 0.1) is 11.2 Å². The standard InChI is InChI=1S/C15H12N2O3/c18-17(19)15-12(13-7-4-10-20-13)8-9-16-14(15)11-5-2-1-3-6-11/h1-10,12,16H. The van der Waals surface area contributed by atoms with Gasteiger partial charge >= 0.3 is 0 Å². The number of nitrogens with one attached hydrogen (secondary N) is 1. The molecule has 1 aliphatic heterocycles. The van der Waals surface area contributed by atoms with E-state index >= 15 is 0 Å². The van der Waals surface area contributed by atoms with Gasteiger partial charge in [-0.05, 0) is 24.4 Å². The minimum Gasteiger partial charge on any atom is -0.468 e. The molecule has 0 radical (unpaired) electrons. The van der Waals surface area contributed by atoms with Crippen LogP contribution >= 0.6 is 0 Å². The lowest BCUT2D eigenvalue weighted by Crippen LogP contribution is -2.21. The molecule has 2 heterocycles. The fourth-order valence-corrected chi connectivity index (χ4v) is 2.29. The number of nitrogens with zero attached hydrogens (tertiary/aromatic N) is 1. The molecule has 1 aliphatic rings. The number of hydrogen-bond donors (Lipinski definition) is 1. The zero-order chi connectivity index (χ0) is 13.9. The lowest BCUT2D eigenvalue weighted by atomic mass is 9.95. The topological polar surface area (TPSA) is 68.3 Å². The molecule has 0 amide bonds. The van der Waals surface area contributed by atoms with Gasteiger partial charge in [-0.25, -0.2) is 0 Å². The molecule has 0 saturated heterocycles. The Bertz CT molecular complexity index is 672. The highest BCUT2D eigenvalue weighted by Crippen LogP contribution is 2.34. The summed E-state index contributed by atoms with van der Waals surface area (Å²) in [6.45, 7) is 0. The molecule has 1 N–H and O–H groups in total. The molecule has 0 bridgehead atoms. The number of dihydropyridines is 1. The van der Waals surface area contributed by atoms with E-state index in [1.54, 1.807) is 24.4 Å². The second kappa shape index (κ2) is 5.05. The molecule has 2 aromatic rings. The molecule has 20 heavy (non-hydrogen) atoms. The Kier molecular flexibility index (Phi) is 3.09. The van der Waals surface area contributed by atoms with Gasteiger partial charge in [0.15, 0.2) is 0 Å². The van der Waals surface area contributed by atoms with Crippen LogP contribution in [0.1, 0.15) is 17.2 Å². The highest BCUT2D eigenvalue weighted by Gasteiger charge is 2.33. The van der Waals surface area contributed by atoms with E-state index in [0.29, 0.717) is 11.5 Å². The van der Waals surface area contributed by atoms with Crippen LogP contribution < -0.4 is 5.32 Å². The van der Waals surface area contributed by atoms with Gasteiger partial charge in [-0.1, -0.05) is 30.3 Å². The SMILES string of the molecule is O=[N+]([O-])C1=C(c2ccccc2)NC=CC1c1ccco1. The molecular weight excluding hydrogens is 256 g/mol. The predicted molar refractivity (Wildman–Crippen MR) is 74.1 cm³/mol. The fourth-order valence-electron chi connectivity index (χ4n) is 2.29. The molecule has 1 aromatic carbocycles. The fraction of sp³-hybridized carbons (Fsp3) is 0.0667. The van der Waals surface area contributed by atoms with Crippen LogP contribution in [0.5, 0.6) is 0 Å². The van der Waals surface area contributed by atoms with Crippen molar-refractivity contribution in [1.82, 2.24) is 5.32 Å². The molecular formula is C15H12N2O3. The van der Waals surface area contributed by atoms with E-state index in [0.717, 1.165) is 5.56 Å². The lowest BCUT2D eigenvalue weighted by molar-refractivity contribution is -0.428. The van der Waals surface area contributed by atoms with Crippen molar-refractivity contribution in [2.24, 2.45) is 0 Å². The summed E-state index contributed by atoms with van der Waals surface area (Å²) in [5, 5.41) is 14.5. The summed E-state index contributed by atoms with van der Waals surface area (Å²) in [6.07, 6.45) is 4.96. The first-order valence-electron chi connectivity index (χ1n) is 6.18. The molecule has 0 saturated carbocycles. The highest BCUT2D eigenvalue weighted by atomic mass is 16.6. The summed E-state index contributed by atoms with van der Waals surface area (Å²) >= 11 is 0. The third-order valence-corrected chi connectivity index (χ3v) is 3.18. The van der Waals surface area contributed by atoms with Crippen molar-refractivity contribution in [3.05, 3.63) is 88.1 Å². The number of rotatable bonds is 3.